The number of unbranched alkanes of at least 4 members (excludes halogenated alkanes) is 3. The molecule has 118 valence electrons. The van der Waals surface area contributed by atoms with Gasteiger partial charge >= 0.3 is 5.97 Å². The van der Waals surface area contributed by atoms with Crippen molar-refractivity contribution >= 4 is 29.2 Å². The van der Waals surface area contributed by atoms with Crippen molar-refractivity contribution in [3.8, 4) is 0 Å². The number of hydrogen-bond acceptors (Lipinski definition) is 3. The molecule has 0 aliphatic rings. The number of esters is 1. The SMILES string of the molecule is CCCCCCN[C@H](C(=O)OCC)c1ccc(Cl)c(Cl)c1. The molecule has 0 heterocycles. The van der Waals surface area contributed by atoms with E-state index in [1.54, 1.807) is 25.1 Å². The third-order valence-electron chi connectivity index (χ3n) is 3.18. The highest BCUT2D eigenvalue weighted by Gasteiger charge is 2.21. The second-order valence-corrected chi connectivity index (χ2v) is 5.69. The lowest BCUT2D eigenvalue weighted by Crippen LogP contribution is -2.31. The van der Waals surface area contributed by atoms with Crippen molar-refractivity contribution in [2.45, 2.75) is 45.6 Å². The quantitative estimate of drug-likeness (QED) is 0.523. The minimum absolute atomic E-state index is 0.286. The minimum atomic E-state index is -0.499. The standard InChI is InChI=1S/C16H23Cl2NO2/c1-3-5-6-7-10-19-15(16(20)21-4-2)12-8-9-13(17)14(18)11-12/h8-9,11,15,19H,3-7,10H2,1-2H3/t15-/m0/s1. The predicted octanol–water partition coefficient (Wildman–Crippen LogP) is 4.77. The van der Waals surface area contributed by atoms with Crippen molar-refractivity contribution in [1.29, 1.82) is 0 Å². The van der Waals surface area contributed by atoms with Gasteiger partial charge in [0.2, 0.25) is 0 Å². The molecule has 1 aromatic rings. The third-order valence-corrected chi connectivity index (χ3v) is 3.92. The van der Waals surface area contributed by atoms with E-state index in [2.05, 4.69) is 12.2 Å². The number of benzene rings is 1. The summed E-state index contributed by atoms with van der Waals surface area (Å²) < 4.78 is 5.13. The van der Waals surface area contributed by atoms with Crippen LogP contribution in [0.1, 0.15) is 51.1 Å². The highest BCUT2D eigenvalue weighted by molar-refractivity contribution is 6.42. The number of hydrogen-bond donors (Lipinski definition) is 1. The van der Waals surface area contributed by atoms with Gasteiger partial charge in [-0.05, 0) is 37.6 Å². The number of rotatable bonds is 9. The van der Waals surface area contributed by atoms with Gasteiger partial charge in [0.1, 0.15) is 6.04 Å². The molecule has 0 radical (unpaired) electrons. The molecule has 1 rings (SSSR count). The van der Waals surface area contributed by atoms with Crippen molar-refractivity contribution in [2.24, 2.45) is 0 Å². The van der Waals surface area contributed by atoms with Crippen molar-refractivity contribution in [3.05, 3.63) is 33.8 Å². The number of carbonyl (C=O) groups is 1. The van der Waals surface area contributed by atoms with Crippen LogP contribution in [0.2, 0.25) is 10.0 Å². The molecule has 5 heteroatoms. The third kappa shape index (κ3) is 6.25. The second-order valence-electron chi connectivity index (χ2n) is 4.87. The molecule has 1 aromatic carbocycles. The van der Waals surface area contributed by atoms with E-state index in [0.717, 1.165) is 24.9 Å². The lowest BCUT2D eigenvalue weighted by Gasteiger charge is -2.18. The Kier molecular flexibility index (Phi) is 8.74. The maximum Gasteiger partial charge on any atom is 0.327 e. The molecular formula is C16H23Cl2NO2. The van der Waals surface area contributed by atoms with E-state index < -0.39 is 6.04 Å². The van der Waals surface area contributed by atoms with Gasteiger partial charge < -0.3 is 10.1 Å². The summed E-state index contributed by atoms with van der Waals surface area (Å²) in [4.78, 5) is 12.1. The van der Waals surface area contributed by atoms with E-state index in [1.165, 1.54) is 12.8 Å². The van der Waals surface area contributed by atoms with Gasteiger partial charge in [-0.15, -0.1) is 0 Å². The van der Waals surface area contributed by atoms with Crippen molar-refractivity contribution in [2.75, 3.05) is 13.2 Å². The van der Waals surface area contributed by atoms with Gasteiger partial charge in [0.25, 0.3) is 0 Å². The van der Waals surface area contributed by atoms with Crippen LogP contribution in [-0.4, -0.2) is 19.1 Å². The maximum atomic E-state index is 12.1. The van der Waals surface area contributed by atoms with E-state index in [1.807, 2.05) is 0 Å². The highest BCUT2D eigenvalue weighted by atomic mass is 35.5. The molecule has 21 heavy (non-hydrogen) atoms. The van der Waals surface area contributed by atoms with Gasteiger partial charge in [0, 0.05) is 0 Å². The van der Waals surface area contributed by atoms with E-state index in [9.17, 15) is 4.79 Å². The fourth-order valence-corrected chi connectivity index (χ4v) is 2.36. The smallest absolute Gasteiger partial charge is 0.327 e. The molecule has 0 bridgehead atoms. The monoisotopic (exact) mass is 331 g/mol. The van der Waals surface area contributed by atoms with Crippen molar-refractivity contribution < 1.29 is 9.53 Å². The normalized spacial score (nSPS) is 12.2. The highest BCUT2D eigenvalue weighted by Crippen LogP contribution is 2.26. The van der Waals surface area contributed by atoms with Crippen LogP contribution in [0.25, 0.3) is 0 Å². The average Bonchev–Trinajstić information content (AvgIpc) is 2.46. The van der Waals surface area contributed by atoms with E-state index in [4.69, 9.17) is 27.9 Å². The lowest BCUT2D eigenvalue weighted by atomic mass is 10.1. The summed E-state index contributed by atoms with van der Waals surface area (Å²) in [5.74, 6) is -0.286. The van der Waals surface area contributed by atoms with Gasteiger partial charge in [-0.1, -0.05) is 55.5 Å². The fourth-order valence-electron chi connectivity index (χ4n) is 2.05. The zero-order valence-electron chi connectivity index (χ0n) is 12.6. The predicted molar refractivity (Wildman–Crippen MR) is 88.0 cm³/mol. The molecule has 0 saturated heterocycles. The summed E-state index contributed by atoms with van der Waals surface area (Å²) in [5, 5.41) is 4.17. The summed E-state index contributed by atoms with van der Waals surface area (Å²) >= 11 is 11.9. The van der Waals surface area contributed by atoms with Gasteiger partial charge in [-0.25, -0.2) is 4.79 Å². The molecule has 0 fully saturated rings. The second kappa shape index (κ2) is 10.0. The Morgan fingerprint density at radius 3 is 2.57 bits per heavy atom. The van der Waals surface area contributed by atoms with E-state index >= 15 is 0 Å². The molecule has 0 aliphatic heterocycles. The van der Waals surface area contributed by atoms with Crippen LogP contribution in [0.3, 0.4) is 0 Å². The van der Waals surface area contributed by atoms with E-state index in [-0.39, 0.29) is 5.97 Å². The lowest BCUT2D eigenvalue weighted by molar-refractivity contribution is -0.145. The molecule has 0 aromatic heterocycles. The fraction of sp³-hybridized carbons (Fsp3) is 0.562. The van der Waals surface area contributed by atoms with Gasteiger partial charge in [0.15, 0.2) is 0 Å². The summed E-state index contributed by atoms with van der Waals surface area (Å²) in [7, 11) is 0. The van der Waals surface area contributed by atoms with Crippen LogP contribution in [0.4, 0.5) is 0 Å². The number of nitrogens with one attached hydrogen (secondary N) is 1. The molecule has 0 saturated carbocycles. The van der Waals surface area contributed by atoms with Crippen LogP contribution in [0.15, 0.2) is 18.2 Å². The molecule has 0 unspecified atom stereocenters. The van der Waals surface area contributed by atoms with Gasteiger partial charge in [-0.2, -0.15) is 0 Å². The van der Waals surface area contributed by atoms with Crippen LogP contribution in [-0.2, 0) is 9.53 Å². The molecule has 0 amide bonds. The Morgan fingerprint density at radius 2 is 1.95 bits per heavy atom. The average molecular weight is 332 g/mol. The molecule has 3 nitrogen and oxygen atoms in total. The van der Waals surface area contributed by atoms with Crippen LogP contribution in [0, 0.1) is 0 Å². The van der Waals surface area contributed by atoms with Crippen molar-refractivity contribution in [3.63, 3.8) is 0 Å². The maximum absolute atomic E-state index is 12.1. The largest absolute Gasteiger partial charge is 0.465 e. The van der Waals surface area contributed by atoms with Crippen LogP contribution < -0.4 is 5.32 Å². The Bertz CT molecular complexity index is 452. The van der Waals surface area contributed by atoms with Crippen LogP contribution >= 0.6 is 23.2 Å². The summed E-state index contributed by atoms with van der Waals surface area (Å²) in [6.07, 6.45) is 4.58. The van der Waals surface area contributed by atoms with Gasteiger partial charge in [-0.3, -0.25) is 0 Å². The molecular weight excluding hydrogens is 309 g/mol. The number of carbonyl (C=O) groups excluding carboxylic acids is 1. The van der Waals surface area contributed by atoms with Crippen LogP contribution in [0.5, 0.6) is 0 Å². The first-order chi connectivity index (χ1) is 10.1. The first-order valence-electron chi connectivity index (χ1n) is 7.45. The first kappa shape index (κ1) is 18.3. The molecule has 0 spiro atoms. The summed E-state index contributed by atoms with van der Waals surface area (Å²) in [6.45, 7) is 5.09. The van der Waals surface area contributed by atoms with Crippen molar-refractivity contribution in [1.82, 2.24) is 5.32 Å². The van der Waals surface area contributed by atoms with Gasteiger partial charge in [0.05, 0.1) is 16.7 Å². The van der Waals surface area contributed by atoms with E-state index in [0.29, 0.717) is 16.7 Å². The Morgan fingerprint density at radius 1 is 1.19 bits per heavy atom. The first-order valence-corrected chi connectivity index (χ1v) is 8.20. The number of halogens is 2. The Balaban J connectivity index is 2.71. The zero-order valence-corrected chi connectivity index (χ0v) is 14.1. The summed E-state index contributed by atoms with van der Waals surface area (Å²) in [5.41, 5.74) is 0.776. The Labute approximate surface area is 137 Å². The molecule has 1 N–H and O–H groups in total. The topological polar surface area (TPSA) is 38.3 Å². The Hall–Kier alpha value is -0.770. The molecule has 1 atom stereocenters. The summed E-state index contributed by atoms with van der Waals surface area (Å²) in [6, 6.07) is 4.71. The molecule has 0 aliphatic carbocycles. The minimum Gasteiger partial charge on any atom is -0.465 e. The zero-order chi connectivity index (χ0) is 15.7. The number of ether oxygens (including phenoxy) is 1.